The molecule has 5 N–H and O–H groups in total. The van der Waals surface area contributed by atoms with Crippen LogP contribution in [-0.2, 0) is 0 Å². The van der Waals surface area contributed by atoms with E-state index in [1.165, 1.54) is 0 Å². The average Bonchev–Trinajstić information content (AvgIpc) is 2.19. The summed E-state index contributed by atoms with van der Waals surface area (Å²) >= 11 is 6.77. The molecular formula is C10H14Br2N2O. The zero-order chi connectivity index (χ0) is 11.4. The second-order valence-corrected chi connectivity index (χ2v) is 5.13. The molecule has 0 aliphatic carbocycles. The fourth-order valence-corrected chi connectivity index (χ4v) is 2.64. The number of nitrogens with two attached hydrogens (primary N) is 2. The molecule has 84 valence electrons. The lowest BCUT2D eigenvalue weighted by Crippen LogP contribution is -2.13. The third-order valence-electron chi connectivity index (χ3n) is 2.20. The van der Waals surface area contributed by atoms with E-state index >= 15 is 0 Å². The maximum absolute atomic E-state index is 8.74. The highest BCUT2D eigenvalue weighted by Gasteiger charge is 2.12. The number of halogens is 2. The van der Waals surface area contributed by atoms with Crippen LogP contribution in [0.5, 0.6) is 0 Å². The Kier molecular flexibility index (Phi) is 5.05. The smallest absolute Gasteiger partial charge is 0.0507 e. The molecule has 0 aliphatic rings. The molecule has 0 bridgehead atoms. The molecule has 1 aromatic rings. The highest BCUT2D eigenvalue weighted by atomic mass is 79.9. The molecule has 0 unspecified atom stereocenters. The average molecular weight is 338 g/mol. The molecule has 1 atom stereocenters. The van der Waals surface area contributed by atoms with Gasteiger partial charge < -0.3 is 16.6 Å². The normalized spacial score (nSPS) is 12.8. The van der Waals surface area contributed by atoms with Crippen LogP contribution in [0.3, 0.4) is 0 Å². The van der Waals surface area contributed by atoms with Crippen molar-refractivity contribution >= 4 is 37.5 Å². The van der Waals surface area contributed by atoms with Crippen LogP contribution in [-0.4, -0.2) is 11.7 Å². The zero-order valence-electron chi connectivity index (χ0n) is 8.21. The Hall–Kier alpha value is -0.100. The number of benzene rings is 1. The van der Waals surface area contributed by atoms with E-state index in [0.717, 1.165) is 20.9 Å². The standard InChI is InChI=1S/C10H14Br2N2O/c11-6-4-7(9(13)2-1-3-15)10(14)8(12)5-6/h4-5,9,15H,1-3,13-14H2/t9-/m1/s1. The summed E-state index contributed by atoms with van der Waals surface area (Å²) in [4.78, 5) is 0. The molecule has 5 heteroatoms. The maximum atomic E-state index is 8.74. The second kappa shape index (κ2) is 5.84. The van der Waals surface area contributed by atoms with Gasteiger partial charge in [-0.05, 0) is 46.5 Å². The first-order valence-corrected chi connectivity index (χ1v) is 6.25. The Morgan fingerprint density at radius 3 is 2.60 bits per heavy atom. The molecule has 0 spiro atoms. The molecule has 3 nitrogen and oxygen atoms in total. The number of aliphatic hydroxyl groups excluding tert-OH is 1. The topological polar surface area (TPSA) is 72.3 Å². The lowest BCUT2D eigenvalue weighted by molar-refractivity contribution is 0.280. The van der Waals surface area contributed by atoms with Gasteiger partial charge >= 0.3 is 0 Å². The van der Waals surface area contributed by atoms with Gasteiger partial charge in [0, 0.05) is 21.6 Å². The van der Waals surface area contributed by atoms with Crippen molar-refractivity contribution in [1.82, 2.24) is 0 Å². The van der Waals surface area contributed by atoms with Crippen molar-refractivity contribution < 1.29 is 5.11 Å². The van der Waals surface area contributed by atoms with Gasteiger partial charge in [0.05, 0.1) is 5.69 Å². The van der Waals surface area contributed by atoms with Gasteiger partial charge in [0.25, 0.3) is 0 Å². The van der Waals surface area contributed by atoms with Crippen molar-refractivity contribution in [2.24, 2.45) is 5.73 Å². The van der Waals surface area contributed by atoms with Gasteiger partial charge in [0.15, 0.2) is 0 Å². The molecule has 1 rings (SSSR count). The molecule has 0 saturated heterocycles. The van der Waals surface area contributed by atoms with Crippen molar-refractivity contribution in [2.45, 2.75) is 18.9 Å². The van der Waals surface area contributed by atoms with Crippen LogP contribution in [0.2, 0.25) is 0 Å². The lowest BCUT2D eigenvalue weighted by atomic mass is 10.0. The highest BCUT2D eigenvalue weighted by Crippen LogP contribution is 2.32. The van der Waals surface area contributed by atoms with Crippen LogP contribution >= 0.6 is 31.9 Å². The molecule has 0 heterocycles. The first-order chi connectivity index (χ1) is 7.06. The van der Waals surface area contributed by atoms with Gasteiger partial charge in [-0.25, -0.2) is 0 Å². The van der Waals surface area contributed by atoms with E-state index in [-0.39, 0.29) is 12.6 Å². The number of nitrogen functional groups attached to an aromatic ring is 1. The Labute approximate surface area is 106 Å². The van der Waals surface area contributed by atoms with Gasteiger partial charge in [-0.3, -0.25) is 0 Å². The van der Waals surface area contributed by atoms with Gasteiger partial charge in [-0.1, -0.05) is 15.9 Å². The maximum Gasteiger partial charge on any atom is 0.0507 e. The molecule has 0 aromatic heterocycles. The van der Waals surface area contributed by atoms with Crippen LogP contribution in [0.4, 0.5) is 5.69 Å². The lowest BCUT2D eigenvalue weighted by Gasteiger charge is -2.15. The van der Waals surface area contributed by atoms with Crippen LogP contribution in [0, 0.1) is 0 Å². The molecule has 0 amide bonds. The van der Waals surface area contributed by atoms with Crippen LogP contribution in [0.15, 0.2) is 21.1 Å². The fourth-order valence-electron chi connectivity index (χ4n) is 1.38. The first-order valence-electron chi connectivity index (χ1n) is 4.67. The van der Waals surface area contributed by atoms with Crippen LogP contribution < -0.4 is 11.5 Å². The number of hydrogen-bond donors (Lipinski definition) is 3. The summed E-state index contributed by atoms with van der Waals surface area (Å²) in [5.74, 6) is 0. The van der Waals surface area contributed by atoms with E-state index in [1.54, 1.807) is 0 Å². The number of rotatable bonds is 4. The Morgan fingerprint density at radius 2 is 2.00 bits per heavy atom. The van der Waals surface area contributed by atoms with E-state index in [4.69, 9.17) is 16.6 Å². The predicted molar refractivity (Wildman–Crippen MR) is 69.5 cm³/mol. The number of anilines is 1. The monoisotopic (exact) mass is 336 g/mol. The van der Waals surface area contributed by atoms with Crippen LogP contribution in [0.25, 0.3) is 0 Å². The summed E-state index contributed by atoms with van der Waals surface area (Å²) in [7, 11) is 0. The summed E-state index contributed by atoms with van der Waals surface area (Å²) in [6.45, 7) is 0.156. The molecular weight excluding hydrogens is 324 g/mol. The summed E-state index contributed by atoms with van der Waals surface area (Å²) in [6.07, 6.45) is 1.41. The number of aliphatic hydroxyl groups is 1. The Balaban J connectivity index is 2.92. The van der Waals surface area contributed by atoms with E-state index < -0.39 is 0 Å². The van der Waals surface area contributed by atoms with Crippen molar-refractivity contribution in [3.63, 3.8) is 0 Å². The van der Waals surface area contributed by atoms with Gasteiger partial charge in [0.1, 0.15) is 0 Å². The third kappa shape index (κ3) is 3.45. The Bertz CT molecular complexity index is 344. The van der Waals surface area contributed by atoms with Crippen LogP contribution in [0.1, 0.15) is 24.4 Å². The predicted octanol–water partition coefficient (Wildman–Crippen LogP) is 2.57. The van der Waals surface area contributed by atoms with Crippen molar-refractivity contribution in [3.8, 4) is 0 Å². The molecule has 0 saturated carbocycles. The van der Waals surface area contributed by atoms with Gasteiger partial charge in [-0.2, -0.15) is 0 Å². The molecule has 0 fully saturated rings. The summed E-state index contributed by atoms with van der Waals surface area (Å²) in [6, 6.07) is 3.67. The van der Waals surface area contributed by atoms with E-state index in [0.29, 0.717) is 12.1 Å². The minimum Gasteiger partial charge on any atom is -0.398 e. The third-order valence-corrected chi connectivity index (χ3v) is 3.31. The summed E-state index contributed by atoms with van der Waals surface area (Å²) in [5, 5.41) is 8.74. The first kappa shape index (κ1) is 13.0. The van der Waals surface area contributed by atoms with Gasteiger partial charge in [-0.15, -0.1) is 0 Å². The summed E-state index contributed by atoms with van der Waals surface area (Å²) in [5.41, 5.74) is 13.5. The fraction of sp³-hybridized carbons (Fsp3) is 0.400. The second-order valence-electron chi connectivity index (χ2n) is 3.36. The van der Waals surface area contributed by atoms with Gasteiger partial charge in [0.2, 0.25) is 0 Å². The zero-order valence-corrected chi connectivity index (χ0v) is 11.4. The van der Waals surface area contributed by atoms with Crippen molar-refractivity contribution in [2.75, 3.05) is 12.3 Å². The van der Waals surface area contributed by atoms with E-state index in [9.17, 15) is 0 Å². The summed E-state index contributed by atoms with van der Waals surface area (Å²) < 4.78 is 1.78. The SMILES string of the molecule is Nc1c(Br)cc(Br)cc1[C@H](N)CCCO. The van der Waals surface area contributed by atoms with Crippen molar-refractivity contribution in [1.29, 1.82) is 0 Å². The van der Waals surface area contributed by atoms with E-state index in [2.05, 4.69) is 31.9 Å². The largest absolute Gasteiger partial charge is 0.398 e. The molecule has 0 aliphatic heterocycles. The minimum absolute atomic E-state index is 0.133. The highest BCUT2D eigenvalue weighted by molar-refractivity contribution is 9.11. The van der Waals surface area contributed by atoms with Crippen molar-refractivity contribution in [3.05, 3.63) is 26.6 Å². The molecule has 1 aromatic carbocycles. The molecule has 0 radical (unpaired) electrons. The quantitative estimate of drug-likeness (QED) is 0.739. The van der Waals surface area contributed by atoms with E-state index in [1.807, 2.05) is 12.1 Å². The Morgan fingerprint density at radius 1 is 1.33 bits per heavy atom. The minimum atomic E-state index is -0.133. The number of hydrogen-bond acceptors (Lipinski definition) is 3. The molecule has 15 heavy (non-hydrogen) atoms.